The molecule has 0 fully saturated rings. The molecule has 0 aliphatic rings. The van der Waals surface area contributed by atoms with Gasteiger partial charge in [0.15, 0.2) is 0 Å². The summed E-state index contributed by atoms with van der Waals surface area (Å²) in [5, 5.41) is 0. The lowest BCUT2D eigenvalue weighted by molar-refractivity contribution is 0.413. The predicted octanol–water partition coefficient (Wildman–Crippen LogP) is 2.43. The van der Waals surface area contributed by atoms with E-state index in [2.05, 4.69) is 0 Å². The molecule has 0 spiro atoms. The Balaban J connectivity index is 3.00. The molecule has 1 aromatic carbocycles. The Morgan fingerprint density at radius 2 is 1.86 bits per heavy atom. The molecule has 0 saturated carbocycles. The van der Waals surface area contributed by atoms with E-state index in [0.717, 1.165) is 0 Å². The number of hydrogen-bond acceptors (Lipinski definition) is 1. The van der Waals surface area contributed by atoms with E-state index < -0.39 is 6.98 Å². The first-order chi connectivity index (χ1) is 6.53. The second kappa shape index (κ2) is 4.10. The molecule has 1 nitrogen and oxygen atoms in total. The second-order valence-electron chi connectivity index (χ2n) is 2.54. The van der Waals surface area contributed by atoms with E-state index in [9.17, 15) is 12.9 Å². The molecular formula is C9H7BF3O-. The van der Waals surface area contributed by atoms with Crippen LogP contribution in [-0.2, 0) is 0 Å². The highest BCUT2D eigenvalue weighted by molar-refractivity contribution is 6.67. The topological polar surface area (TPSA) is 9.23 Å². The van der Waals surface area contributed by atoms with Crippen molar-refractivity contribution >= 4 is 6.98 Å². The Morgan fingerprint density at radius 1 is 1.21 bits per heavy atom. The number of halogens is 3. The van der Waals surface area contributed by atoms with Crippen LogP contribution in [0.25, 0.3) is 0 Å². The smallest absolute Gasteiger partial charge is 0.495 e. The normalized spacial score (nSPS) is 10.3. The van der Waals surface area contributed by atoms with Crippen LogP contribution in [0, 0.1) is 11.7 Å². The van der Waals surface area contributed by atoms with Crippen LogP contribution in [0.3, 0.4) is 0 Å². The van der Waals surface area contributed by atoms with Gasteiger partial charge in [-0.15, -0.1) is 5.92 Å². The summed E-state index contributed by atoms with van der Waals surface area (Å²) in [5.41, 5.74) is 0.245. The molecule has 0 radical (unpaired) electrons. The van der Waals surface area contributed by atoms with Crippen molar-refractivity contribution in [2.75, 3.05) is 7.11 Å². The number of methoxy groups -OCH3 is 1. The maximum atomic E-state index is 11.8. The molecule has 74 valence electrons. The lowest BCUT2D eigenvalue weighted by Gasteiger charge is -2.04. The van der Waals surface area contributed by atoms with Crippen LogP contribution in [0.2, 0.25) is 0 Å². The number of ether oxygens (including phenoxy) is 1. The fourth-order valence-electron chi connectivity index (χ4n) is 0.907. The zero-order valence-electron chi connectivity index (χ0n) is 7.43. The minimum atomic E-state index is -5.07. The summed E-state index contributed by atoms with van der Waals surface area (Å²) in [6.07, 6.45) is 0. The average molecular weight is 199 g/mol. The Bertz CT molecular complexity index is 376. The van der Waals surface area contributed by atoms with E-state index in [1.54, 1.807) is 18.2 Å². The fraction of sp³-hybridized carbons (Fsp3) is 0.111. The van der Waals surface area contributed by atoms with Gasteiger partial charge in [-0.05, 0) is 12.1 Å². The Morgan fingerprint density at radius 3 is 2.43 bits per heavy atom. The van der Waals surface area contributed by atoms with Gasteiger partial charge in [-0.2, -0.15) is 5.82 Å². The van der Waals surface area contributed by atoms with Gasteiger partial charge in [-0.25, -0.2) is 0 Å². The average Bonchev–Trinajstić information content (AvgIpc) is 2.14. The van der Waals surface area contributed by atoms with Gasteiger partial charge >= 0.3 is 6.98 Å². The standard InChI is InChI=1S/C9H7BF3O/c1-14-9-5-3-2-4-8(9)6-7-10(11,12)13/h2-5H,1H3/q-1. The molecule has 0 heterocycles. The van der Waals surface area contributed by atoms with Crippen molar-refractivity contribution in [3.63, 3.8) is 0 Å². The van der Waals surface area contributed by atoms with Crippen molar-refractivity contribution in [3.05, 3.63) is 29.8 Å². The number of benzene rings is 1. The summed E-state index contributed by atoms with van der Waals surface area (Å²) in [6, 6.07) is 6.32. The minimum Gasteiger partial charge on any atom is -0.495 e. The van der Waals surface area contributed by atoms with Gasteiger partial charge in [0.05, 0.1) is 12.7 Å². The van der Waals surface area contributed by atoms with Gasteiger partial charge in [-0.1, -0.05) is 12.1 Å². The third kappa shape index (κ3) is 3.06. The maximum Gasteiger partial charge on any atom is 0.558 e. The number of hydrogen-bond donors (Lipinski definition) is 0. The van der Waals surface area contributed by atoms with Crippen LogP contribution >= 0.6 is 0 Å². The van der Waals surface area contributed by atoms with Crippen molar-refractivity contribution in [1.29, 1.82) is 0 Å². The molecule has 1 rings (SSSR count). The summed E-state index contributed by atoms with van der Waals surface area (Å²) in [4.78, 5) is 0. The van der Waals surface area contributed by atoms with Crippen LogP contribution in [0.15, 0.2) is 24.3 Å². The molecule has 1 aromatic rings. The molecule has 14 heavy (non-hydrogen) atoms. The van der Waals surface area contributed by atoms with Crippen molar-refractivity contribution in [1.82, 2.24) is 0 Å². The largest absolute Gasteiger partial charge is 0.558 e. The first-order valence-corrected chi connectivity index (χ1v) is 3.88. The lowest BCUT2D eigenvalue weighted by atomic mass is 9.93. The van der Waals surface area contributed by atoms with Crippen LogP contribution < -0.4 is 4.74 Å². The van der Waals surface area contributed by atoms with Gasteiger partial charge in [-0.3, -0.25) is 0 Å². The molecular weight excluding hydrogens is 192 g/mol. The van der Waals surface area contributed by atoms with Crippen LogP contribution in [0.5, 0.6) is 5.75 Å². The molecule has 0 aliphatic heterocycles. The number of para-hydroxylation sites is 1. The van der Waals surface area contributed by atoms with Crippen molar-refractivity contribution in [2.45, 2.75) is 0 Å². The molecule has 0 unspecified atom stereocenters. The molecule has 0 bridgehead atoms. The first-order valence-electron chi connectivity index (χ1n) is 3.88. The molecule has 0 aliphatic carbocycles. The molecule has 0 amide bonds. The Kier molecular flexibility index (Phi) is 3.08. The van der Waals surface area contributed by atoms with E-state index in [1.807, 2.05) is 5.92 Å². The molecule has 0 saturated heterocycles. The summed E-state index contributed by atoms with van der Waals surface area (Å²) >= 11 is 0. The van der Waals surface area contributed by atoms with Crippen LogP contribution in [0.1, 0.15) is 5.56 Å². The summed E-state index contributed by atoms with van der Waals surface area (Å²) in [7, 11) is 1.39. The highest BCUT2D eigenvalue weighted by Crippen LogP contribution is 2.16. The molecule has 0 N–H and O–H groups in total. The van der Waals surface area contributed by atoms with Crippen LogP contribution in [-0.4, -0.2) is 14.1 Å². The van der Waals surface area contributed by atoms with Gasteiger partial charge in [0.25, 0.3) is 0 Å². The highest BCUT2D eigenvalue weighted by Gasteiger charge is 2.18. The quantitative estimate of drug-likeness (QED) is 0.498. The molecule has 0 aromatic heterocycles. The minimum absolute atomic E-state index is 0.245. The fourth-order valence-corrected chi connectivity index (χ4v) is 0.907. The summed E-state index contributed by atoms with van der Waals surface area (Å²) in [6.45, 7) is -5.07. The van der Waals surface area contributed by atoms with Gasteiger partial charge in [0.2, 0.25) is 0 Å². The Labute approximate surface area is 79.9 Å². The maximum absolute atomic E-state index is 11.8. The SMILES string of the molecule is COc1ccccc1C#C[B-](F)(F)F. The first kappa shape index (κ1) is 10.5. The van der Waals surface area contributed by atoms with E-state index >= 15 is 0 Å². The number of rotatable bonds is 1. The van der Waals surface area contributed by atoms with E-state index in [-0.39, 0.29) is 5.56 Å². The van der Waals surface area contributed by atoms with E-state index in [4.69, 9.17) is 4.74 Å². The van der Waals surface area contributed by atoms with Crippen LogP contribution in [0.4, 0.5) is 12.9 Å². The third-order valence-electron chi connectivity index (χ3n) is 1.48. The summed E-state index contributed by atoms with van der Waals surface area (Å²) < 4.78 is 40.3. The lowest BCUT2D eigenvalue weighted by Crippen LogP contribution is -2.10. The molecule has 5 heteroatoms. The zero-order valence-corrected chi connectivity index (χ0v) is 7.43. The summed E-state index contributed by atoms with van der Waals surface area (Å²) in [5.74, 6) is 3.62. The van der Waals surface area contributed by atoms with Crippen molar-refractivity contribution in [3.8, 4) is 17.5 Å². The highest BCUT2D eigenvalue weighted by atomic mass is 19.4. The predicted molar refractivity (Wildman–Crippen MR) is 49.0 cm³/mol. The van der Waals surface area contributed by atoms with E-state index in [1.165, 1.54) is 19.0 Å². The monoisotopic (exact) mass is 199 g/mol. The van der Waals surface area contributed by atoms with Crippen molar-refractivity contribution < 1.29 is 17.7 Å². The zero-order chi connectivity index (χ0) is 10.6. The molecule has 0 atom stereocenters. The van der Waals surface area contributed by atoms with Gasteiger partial charge in [0, 0.05) is 0 Å². The second-order valence-corrected chi connectivity index (χ2v) is 2.54. The van der Waals surface area contributed by atoms with Crippen molar-refractivity contribution in [2.24, 2.45) is 0 Å². The Hall–Kier alpha value is -1.57. The third-order valence-corrected chi connectivity index (χ3v) is 1.48. The van der Waals surface area contributed by atoms with Gasteiger partial charge < -0.3 is 17.7 Å². The van der Waals surface area contributed by atoms with E-state index in [0.29, 0.717) is 5.75 Å². The van der Waals surface area contributed by atoms with Gasteiger partial charge in [0.1, 0.15) is 5.75 Å².